The van der Waals surface area contributed by atoms with Crippen molar-refractivity contribution >= 4 is 45.1 Å². The zero-order valence-electron chi connectivity index (χ0n) is 16.3. The molecule has 0 aliphatic heterocycles. The molecule has 9 heteroatoms. The first-order valence-corrected chi connectivity index (χ1v) is 11.6. The van der Waals surface area contributed by atoms with Gasteiger partial charge in [0.25, 0.3) is 5.56 Å². The Hall–Kier alpha value is -1.87. The highest BCUT2D eigenvalue weighted by Gasteiger charge is 2.22. The number of carbonyl (C=O) groups excluding carboxylic acids is 2. The Balaban J connectivity index is 1.71. The Morgan fingerprint density at radius 1 is 1.18 bits per heavy atom. The first kappa shape index (κ1) is 20.9. The third-order valence-electron chi connectivity index (χ3n) is 4.71. The van der Waals surface area contributed by atoms with E-state index in [1.54, 1.807) is 15.9 Å². The van der Waals surface area contributed by atoms with Crippen molar-refractivity contribution in [1.82, 2.24) is 20.2 Å². The van der Waals surface area contributed by atoms with Gasteiger partial charge in [0.2, 0.25) is 11.8 Å². The Morgan fingerprint density at radius 2 is 1.96 bits per heavy atom. The van der Waals surface area contributed by atoms with Gasteiger partial charge in [-0.1, -0.05) is 18.7 Å². The Kier molecular flexibility index (Phi) is 7.12. The molecule has 1 aliphatic carbocycles. The summed E-state index contributed by atoms with van der Waals surface area (Å²) < 4.78 is 1.65. The molecule has 0 bridgehead atoms. The number of nitrogens with one attached hydrogen (secondary N) is 2. The summed E-state index contributed by atoms with van der Waals surface area (Å²) in [6, 6.07) is 0. The zero-order chi connectivity index (χ0) is 20.1. The zero-order valence-corrected chi connectivity index (χ0v) is 17.9. The molecule has 0 saturated heterocycles. The minimum atomic E-state index is -0.251. The predicted octanol–water partition coefficient (Wildman–Crippen LogP) is 2.09. The molecule has 0 unspecified atom stereocenters. The van der Waals surface area contributed by atoms with E-state index in [0.717, 1.165) is 42.3 Å². The Bertz CT molecular complexity index is 935. The lowest BCUT2D eigenvalue weighted by atomic mass is 9.97. The van der Waals surface area contributed by atoms with Crippen LogP contribution in [0.25, 0.3) is 10.2 Å². The molecule has 28 heavy (non-hydrogen) atoms. The van der Waals surface area contributed by atoms with Crippen molar-refractivity contribution < 1.29 is 9.59 Å². The first-order chi connectivity index (χ1) is 13.5. The molecule has 0 radical (unpaired) electrons. The lowest BCUT2D eigenvalue weighted by Gasteiger charge is -2.12. The van der Waals surface area contributed by atoms with Crippen LogP contribution in [0.2, 0.25) is 0 Å². The molecular formula is C19H26N4O3S2. The van der Waals surface area contributed by atoms with Crippen LogP contribution in [0, 0.1) is 0 Å². The van der Waals surface area contributed by atoms with Crippen molar-refractivity contribution in [3.8, 4) is 0 Å². The van der Waals surface area contributed by atoms with E-state index in [4.69, 9.17) is 4.98 Å². The number of hydrogen-bond donors (Lipinski definition) is 2. The standard InChI is InChI=1S/C19H26N4O3S2/c1-3-9-20-14(24)10-21-15(25)11-27-19-22-17-16(18(26)23(19)4-2)12-7-5-6-8-13(12)28-17/h3-11H2,1-2H3,(H,20,24)(H,21,25). The molecule has 2 aromatic rings. The fourth-order valence-electron chi connectivity index (χ4n) is 3.30. The van der Waals surface area contributed by atoms with Gasteiger partial charge in [-0.2, -0.15) is 0 Å². The summed E-state index contributed by atoms with van der Waals surface area (Å²) >= 11 is 2.85. The molecule has 3 rings (SSSR count). The second-order valence-corrected chi connectivity index (χ2v) is 8.78. The summed E-state index contributed by atoms with van der Waals surface area (Å²) in [6.45, 7) is 4.95. The fraction of sp³-hybridized carbons (Fsp3) is 0.579. The van der Waals surface area contributed by atoms with Crippen molar-refractivity contribution in [2.45, 2.75) is 57.7 Å². The van der Waals surface area contributed by atoms with Gasteiger partial charge in [0.15, 0.2) is 5.16 Å². The third-order valence-corrected chi connectivity index (χ3v) is 6.87. The van der Waals surface area contributed by atoms with E-state index in [-0.39, 0.29) is 29.7 Å². The third kappa shape index (κ3) is 4.57. The summed E-state index contributed by atoms with van der Waals surface area (Å²) in [5.74, 6) is -0.335. The average Bonchev–Trinajstić information content (AvgIpc) is 3.07. The summed E-state index contributed by atoms with van der Waals surface area (Å²) in [6.07, 6.45) is 5.10. The van der Waals surface area contributed by atoms with Crippen molar-refractivity contribution in [3.05, 3.63) is 20.8 Å². The Morgan fingerprint density at radius 3 is 2.71 bits per heavy atom. The number of hydrogen-bond acceptors (Lipinski definition) is 6. The second kappa shape index (κ2) is 9.56. The SMILES string of the molecule is CCCNC(=O)CNC(=O)CSc1nc2sc3c(c2c(=O)n1CC)CCCC3. The van der Waals surface area contributed by atoms with Gasteiger partial charge in [-0.05, 0) is 44.6 Å². The van der Waals surface area contributed by atoms with Gasteiger partial charge < -0.3 is 10.6 Å². The van der Waals surface area contributed by atoms with Crippen LogP contribution >= 0.6 is 23.1 Å². The lowest BCUT2D eigenvalue weighted by molar-refractivity contribution is -0.124. The normalized spacial score (nSPS) is 13.4. The lowest BCUT2D eigenvalue weighted by Crippen LogP contribution is -2.38. The topological polar surface area (TPSA) is 93.1 Å². The van der Waals surface area contributed by atoms with Crippen LogP contribution in [0.1, 0.15) is 43.6 Å². The number of rotatable bonds is 8. The van der Waals surface area contributed by atoms with Crippen LogP contribution < -0.4 is 16.2 Å². The molecule has 2 amide bonds. The molecule has 7 nitrogen and oxygen atoms in total. The van der Waals surface area contributed by atoms with E-state index in [1.165, 1.54) is 22.2 Å². The highest BCUT2D eigenvalue weighted by atomic mass is 32.2. The number of aromatic nitrogens is 2. The van der Waals surface area contributed by atoms with Gasteiger partial charge in [-0.25, -0.2) is 4.98 Å². The summed E-state index contributed by atoms with van der Waals surface area (Å²) in [7, 11) is 0. The second-order valence-electron chi connectivity index (χ2n) is 6.75. The fourth-order valence-corrected chi connectivity index (χ4v) is 5.49. The molecule has 0 spiro atoms. The summed E-state index contributed by atoms with van der Waals surface area (Å²) in [5.41, 5.74) is 1.17. The van der Waals surface area contributed by atoms with Gasteiger partial charge in [0, 0.05) is 18.0 Å². The highest BCUT2D eigenvalue weighted by Crippen LogP contribution is 2.34. The first-order valence-electron chi connectivity index (χ1n) is 9.76. The molecule has 1 aliphatic rings. The molecule has 0 saturated carbocycles. The number of thioether (sulfide) groups is 1. The van der Waals surface area contributed by atoms with Crippen LogP contribution in [0.5, 0.6) is 0 Å². The van der Waals surface area contributed by atoms with Gasteiger partial charge in [0.05, 0.1) is 17.7 Å². The summed E-state index contributed by atoms with van der Waals surface area (Å²) in [4.78, 5) is 43.5. The maximum absolute atomic E-state index is 13.0. The maximum Gasteiger partial charge on any atom is 0.263 e. The quantitative estimate of drug-likeness (QED) is 0.502. The van der Waals surface area contributed by atoms with E-state index in [9.17, 15) is 14.4 Å². The van der Waals surface area contributed by atoms with Crippen LogP contribution in [-0.2, 0) is 29.0 Å². The predicted molar refractivity (Wildman–Crippen MR) is 113 cm³/mol. The number of nitrogens with zero attached hydrogens (tertiary/aromatic N) is 2. The number of amides is 2. The van der Waals surface area contributed by atoms with Gasteiger partial charge in [-0.15, -0.1) is 11.3 Å². The van der Waals surface area contributed by atoms with Crippen LogP contribution in [-0.4, -0.2) is 40.2 Å². The Labute approximate surface area is 172 Å². The molecule has 0 aromatic carbocycles. The minimum Gasteiger partial charge on any atom is -0.355 e. The van der Waals surface area contributed by atoms with Crippen LogP contribution in [0.3, 0.4) is 0 Å². The molecule has 152 valence electrons. The molecular weight excluding hydrogens is 396 g/mol. The van der Waals surface area contributed by atoms with Crippen molar-refractivity contribution in [2.24, 2.45) is 0 Å². The van der Waals surface area contributed by atoms with E-state index in [1.807, 2.05) is 13.8 Å². The average molecular weight is 423 g/mol. The highest BCUT2D eigenvalue weighted by molar-refractivity contribution is 7.99. The maximum atomic E-state index is 13.0. The van der Waals surface area contributed by atoms with Crippen LogP contribution in [0.15, 0.2) is 9.95 Å². The van der Waals surface area contributed by atoms with Crippen molar-refractivity contribution in [2.75, 3.05) is 18.8 Å². The van der Waals surface area contributed by atoms with Gasteiger partial charge in [0.1, 0.15) is 4.83 Å². The monoisotopic (exact) mass is 422 g/mol. The van der Waals surface area contributed by atoms with E-state index in [2.05, 4.69) is 10.6 Å². The molecule has 0 fully saturated rings. The molecule has 2 aromatic heterocycles. The van der Waals surface area contributed by atoms with Gasteiger partial charge >= 0.3 is 0 Å². The summed E-state index contributed by atoms with van der Waals surface area (Å²) in [5, 5.41) is 6.65. The molecule has 2 heterocycles. The number of fused-ring (bicyclic) bond motifs is 3. The van der Waals surface area contributed by atoms with Crippen LogP contribution in [0.4, 0.5) is 0 Å². The largest absolute Gasteiger partial charge is 0.355 e. The smallest absolute Gasteiger partial charge is 0.263 e. The molecule has 2 N–H and O–H groups in total. The van der Waals surface area contributed by atoms with E-state index in [0.29, 0.717) is 18.2 Å². The number of thiophene rings is 1. The number of carbonyl (C=O) groups is 2. The van der Waals surface area contributed by atoms with E-state index < -0.39 is 0 Å². The van der Waals surface area contributed by atoms with Crippen molar-refractivity contribution in [3.63, 3.8) is 0 Å². The van der Waals surface area contributed by atoms with Gasteiger partial charge in [-0.3, -0.25) is 19.0 Å². The van der Waals surface area contributed by atoms with E-state index >= 15 is 0 Å². The minimum absolute atomic E-state index is 0.00579. The van der Waals surface area contributed by atoms with Crippen molar-refractivity contribution in [1.29, 1.82) is 0 Å². The number of aryl methyl sites for hydroxylation is 2. The molecule has 0 atom stereocenters.